The Bertz CT molecular complexity index is 1110. The van der Waals surface area contributed by atoms with Crippen LogP contribution in [0.3, 0.4) is 0 Å². The van der Waals surface area contributed by atoms with Gasteiger partial charge in [-0.2, -0.15) is 0 Å². The van der Waals surface area contributed by atoms with E-state index in [9.17, 15) is 4.79 Å². The average Bonchev–Trinajstić information content (AvgIpc) is 3.06. The summed E-state index contributed by atoms with van der Waals surface area (Å²) in [6.07, 6.45) is 12.5. The second-order valence-corrected chi connectivity index (χ2v) is 12.7. The summed E-state index contributed by atoms with van der Waals surface area (Å²) in [6, 6.07) is 8.02. The van der Waals surface area contributed by atoms with E-state index in [1.807, 2.05) is 59.7 Å². The highest BCUT2D eigenvalue weighted by molar-refractivity contribution is 6.30. The zero-order valence-electron chi connectivity index (χ0n) is 32.3. The summed E-state index contributed by atoms with van der Waals surface area (Å²) in [6.45, 7) is 27.6. The first-order valence-electron chi connectivity index (χ1n) is 17.8. The van der Waals surface area contributed by atoms with E-state index in [1.165, 1.54) is 43.2 Å². The van der Waals surface area contributed by atoms with Gasteiger partial charge in [-0.15, -0.1) is 0 Å². The minimum atomic E-state index is -0.470. The van der Waals surface area contributed by atoms with E-state index in [0.717, 1.165) is 55.1 Å². The molecule has 1 fully saturated rings. The lowest BCUT2D eigenvalue weighted by molar-refractivity contribution is 0.0240. The molecule has 1 N–H and O–H groups in total. The summed E-state index contributed by atoms with van der Waals surface area (Å²) >= 11 is 5.78. The maximum absolute atomic E-state index is 12.3. The van der Waals surface area contributed by atoms with Crippen LogP contribution in [0.25, 0.3) is 5.57 Å². The highest BCUT2D eigenvalue weighted by Crippen LogP contribution is 2.34. The van der Waals surface area contributed by atoms with Gasteiger partial charge in [0, 0.05) is 43.9 Å². The second kappa shape index (κ2) is 27.3. The number of aromatic nitrogens is 2. The van der Waals surface area contributed by atoms with Crippen LogP contribution in [0, 0.1) is 12.8 Å². The standard InChI is InChI=1S/C21H34N4O2.C9H11Cl.C6H14.C2H6.CH4O/c1-8-15(3)17(9-2)18-16(4)22-14-23-19(18)24-10-12-25(13-11-24)20(26)27-21(5,6)7;1-2-4-8-5-3-6-9(10)7-8;1-3-5-6-4-2;2*1-2/h9,14-15H,8,10-13H2,1-7H3;3,5-7H,2,4H2,1H3;3-6H2,1-2H3;1-2H3;2H,1H3/b17-9-;;;;. The second-order valence-electron chi connectivity index (χ2n) is 12.3. The van der Waals surface area contributed by atoms with Gasteiger partial charge in [-0.25, -0.2) is 14.8 Å². The molecule has 0 spiro atoms. The van der Waals surface area contributed by atoms with Crippen molar-refractivity contribution in [3.8, 4) is 0 Å². The first-order chi connectivity index (χ1) is 22.4. The van der Waals surface area contributed by atoms with Crippen LogP contribution in [0.15, 0.2) is 36.7 Å². The average molecular weight is 677 g/mol. The predicted molar refractivity (Wildman–Crippen MR) is 205 cm³/mol. The molecule has 47 heavy (non-hydrogen) atoms. The topological polar surface area (TPSA) is 78.8 Å². The largest absolute Gasteiger partial charge is 0.444 e. The number of allylic oxidation sites excluding steroid dienone is 2. The molecule has 2 heterocycles. The number of hydrogen-bond acceptors (Lipinski definition) is 6. The number of aliphatic hydroxyl groups is 1. The summed E-state index contributed by atoms with van der Waals surface area (Å²) in [5, 5.41) is 7.84. The molecule has 1 saturated heterocycles. The molecule has 7 nitrogen and oxygen atoms in total. The van der Waals surface area contributed by atoms with Gasteiger partial charge in [0.05, 0.1) is 5.69 Å². The molecule has 1 unspecified atom stereocenters. The highest BCUT2D eigenvalue weighted by Gasteiger charge is 2.28. The summed E-state index contributed by atoms with van der Waals surface area (Å²) in [5.74, 6) is 1.42. The Morgan fingerprint density at radius 3 is 2.02 bits per heavy atom. The van der Waals surface area contributed by atoms with Crippen LogP contribution in [0.4, 0.5) is 10.6 Å². The quantitative estimate of drug-likeness (QED) is 0.266. The molecule has 1 aliphatic rings. The lowest BCUT2D eigenvalue weighted by atomic mass is 9.90. The predicted octanol–water partition coefficient (Wildman–Crippen LogP) is 10.8. The van der Waals surface area contributed by atoms with Gasteiger partial charge in [-0.1, -0.05) is 110 Å². The Labute approximate surface area is 294 Å². The molecule has 1 atom stereocenters. The van der Waals surface area contributed by atoms with Gasteiger partial charge in [0.15, 0.2) is 0 Å². The fourth-order valence-electron chi connectivity index (χ4n) is 4.84. The van der Waals surface area contributed by atoms with E-state index < -0.39 is 5.60 Å². The van der Waals surface area contributed by atoms with Crippen LogP contribution < -0.4 is 4.90 Å². The fraction of sp³-hybridized carbons (Fsp3) is 0.667. The molecule has 0 aliphatic carbocycles. The van der Waals surface area contributed by atoms with Crippen LogP contribution in [0.1, 0.15) is 132 Å². The van der Waals surface area contributed by atoms with Crippen LogP contribution >= 0.6 is 11.6 Å². The maximum Gasteiger partial charge on any atom is 0.410 e. The van der Waals surface area contributed by atoms with Crippen molar-refractivity contribution in [3.63, 3.8) is 0 Å². The van der Waals surface area contributed by atoms with Crippen LogP contribution in [-0.2, 0) is 11.2 Å². The minimum absolute atomic E-state index is 0.241. The van der Waals surface area contributed by atoms with Gasteiger partial charge in [0.2, 0.25) is 0 Å². The molecule has 1 amide bonds. The number of hydrogen-bond donors (Lipinski definition) is 1. The molecule has 1 aromatic carbocycles. The number of piperazine rings is 1. The molecule has 2 aromatic rings. The highest BCUT2D eigenvalue weighted by atomic mass is 35.5. The number of ether oxygens (including phenoxy) is 1. The molecule has 0 bridgehead atoms. The van der Waals surface area contributed by atoms with Crippen molar-refractivity contribution in [2.45, 2.75) is 134 Å². The third-order valence-corrected chi connectivity index (χ3v) is 7.61. The SMILES string of the molecule is C/C=C(\c1c(C)ncnc1N1CCN(C(=O)OC(C)(C)C)CC1)C(C)CC.CC.CCCCCC.CCCc1cccc(Cl)c1.CO. The zero-order chi connectivity index (χ0) is 36.4. The van der Waals surface area contributed by atoms with Crippen molar-refractivity contribution in [1.82, 2.24) is 14.9 Å². The van der Waals surface area contributed by atoms with Crippen molar-refractivity contribution in [2.24, 2.45) is 5.92 Å². The molecule has 0 radical (unpaired) electrons. The molecular formula is C39H69ClN4O3. The number of carbonyl (C=O) groups excluding carboxylic acids is 1. The summed E-state index contributed by atoms with van der Waals surface area (Å²) in [4.78, 5) is 25.4. The number of anilines is 1. The van der Waals surface area contributed by atoms with Crippen molar-refractivity contribution < 1.29 is 14.6 Å². The van der Waals surface area contributed by atoms with Gasteiger partial charge in [0.1, 0.15) is 17.7 Å². The number of aliphatic hydroxyl groups excluding tert-OH is 1. The number of rotatable bonds is 9. The van der Waals surface area contributed by atoms with E-state index in [0.29, 0.717) is 19.0 Å². The molecule has 8 heteroatoms. The number of halogens is 1. The molecule has 0 saturated carbocycles. The number of aryl methyl sites for hydroxylation is 2. The normalized spacial score (nSPS) is 13.3. The number of carbonyl (C=O) groups is 1. The molecule has 3 rings (SSSR count). The molecule has 1 aromatic heterocycles. The summed E-state index contributed by atoms with van der Waals surface area (Å²) < 4.78 is 5.50. The minimum Gasteiger partial charge on any atom is -0.444 e. The number of unbranched alkanes of at least 4 members (excludes halogenated alkanes) is 3. The van der Waals surface area contributed by atoms with Crippen molar-refractivity contribution in [1.29, 1.82) is 0 Å². The van der Waals surface area contributed by atoms with Gasteiger partial charge in [-0.05, 0) is 76.6 Å². The van der Waals surface area contributed by atoms with E-state index >= 15 is 0 Å². The van der Waals surface area contributed by atoms with E-state index in [2.05, 4.69) is 68.6 Å². The van der Waals surface area contributed by atoms with E-state index in [1.54, 1.807) is 11.2 Å². The van der Waals surface area contributed by atoms with Gasteiger partial charge >= 0.3 is 6.09 Å². The van der Waals surface area contributed by atoms with E-state index in [4.69, 9.17) is 21.4 Å². The van der Waals surface area contributed by atoms with Crippen LogP contribution in [0.5, 0.6) is 0 Å². The van der Waals surface area contributed by atoms with Crippen LogP contribution in [-0.4, -0.2) is 65.0 Å². The monoisotopic (exact) mass is 677 g/mol. The first kappa shape index (κ1) is 46.5. The Balaban J connectivity index is 0. The van der Waals surface area contributed by atoms with Gasteiger partial charge in [-0.3, -0.25) is 0 Å². The first-order valence-corrected chi connectivity index (χ1v) is 18.2. The number of nitrogens with zero attached hydrogens (tertiary/aromatic N) is 4. The van der Waals surface area contributed by atoms with E-state index in [-0.39, 0.29) is 6.09 Å². The van der Waals surface area contributed by atoms with Crippen molar-refractivity contribution in [3.05, 3.63) is 58.5 Å². The lowest BCUT2D eigenvalue weighted by Gasteiger charge is -2.37. The molecule has 270 valence electrons. The lowest BCUT2D eigenvalue weighted by Crippen LogP contribution is -2.50. The van der Waals surface area contributed by atoms with Crippen molar-refractivity contribution >= 4 is 29.1 Å². The van der Waals surface area contributed by atoms with Crippen molar-refractivity contribution in [2.75, 3.05) is 38.2 Å². The molecular weight excluding hydrogens is 608 g/mol. The molecule has 1 aliphatic heterocycles. The Morgan fingerprint density at radius 1 is 1.00 bits per heavy atom. The van der Waals surface area contributed by atoms with Gasteiger partial charge in [0.25, 0.3) is 0 Å². The maximum atomic E-state index is 12.3. The Hall–Kier alpha value is -2.64. The summed E-state index contributed by atoms with van der Waals surface area (Å²) in [5.41, 5.74) is 4.29. The summed E-state index contributed by atoms with van der Waals surface area (Å²) in [7, 11) is 1.00. The number of amides is 1. The van der Waals surface area contributed by atoms with Crippen LogP contribution in [0.2, 0.25) is 5.02 Å². The fourth-order valence-corrected chi connectivity index (χ4v) is 5.06. The third-order valence-electron chi connectivity index (χ3n) is 7.38. The smallest absolute Gasteiger partial charge is 0.410 e. The van der Waals surface area contributed by atoms with Gasteiger partial charge < -0.3 is 19.6 Å². The third kappa shape index (κ3) is 19.1. The Morgan fingerprint density at radius 2 is 1.57 bits per heavy atom. The number of benzene rings is 1. The zero-order valence-corrected chi connectivity index (χ0v) is 33.0. The Kier molecular flexibility index (Phi) is 27.0.